The number of aromatic nitrogens is 2. The lowest BCUT2D eigenvalue weighted by Crippen LogP contribution is -2.08. The van der Waals surface area contributed by atoms with E-state index in [0.717, 1.165) is 54.5 Å². The Labute approximate surface area is 196 Å². The summed E-state index contributed by atoms with van der Waals surface area (Å²) in [6.07, 6.45) is 13.8. The molecule has 0 amide bonds. The van der Waals surface area contributed by atoms with E-state index in [2.05, 4.69) is 23.8 Å². The van der Waals surface area contributed by atoms with Gasteiger partial charge in [0.15, 0.2) is 0 Å². The van der Waals surface area contributed by atoms with Crippen LogP contribution in [0.15, 0.2) is 60.9 Å². The number of ether oxygens (including phenoxy) is 1. The van der Waals surface area contributed by atoms with Crippen molar-refractivity contribution in [2.45, 2.75) is 58.5 Å². The first-order chi connectivity index (χ1) is 16.1. The Morgan fingerprint density at radius 3 is 2.27 bits per heavy atom. The average molecular weight is 449 g/mol. The second-order valence-electron chi connectivity index (χ2n) is 8.31. The topological polar surface area (TPSA) is 55.2 Å². The summed E-state index contributed by atoms with van der Waals surface area (Å²) in [6, 6.07) is 12.8. The number of halogens is 1. The molecule has 0 saturated carbocycles. The first-order valence-electron chi connectivity index (χ1n) is 11.8. The zero-order valence-corrected chi connectivity index (χ0v) is 19.5. The number of aromatic hydroxyl groups is 1. The number of benzene rings is 2. The van der Waals surface area contributed by atoms with Crippen molar-refractivity contribution in [3.63, 3.8) is 0 Å². The molecule has 4 nitrogen and oxygen atoms in total. The van der Waals surface area contributed by atoms with Crippen LogP contribution in [0.1, 0.15) is 57.9 Å². The Kier molecular flexibility index (Phi) is 9.58. The highest BCUT2D eigenvalue weighted by atomic mass is 19.1. The summed E-state index contributed by atoms with van der Waals surface area (Å²) in [6.45, 7) is 5.16. The molecule has 3 rings (SSSR count). The first kappa shape index (κ1) is 24.6. The van der Waals surface area contributed by atoms with Crippen LogP contribution in [0.25, 0.3) is 28.3 Å². The lowest BCUT2D eigenvalue weighted by molar-refractivity contribution is 0.0566. The molecule has 33 heavy (non-hydrogen) atoms. The minimum absolute atomic E-state index is 0.229. The van der Waals surface area contributed by atoms with Crippen LogP contribution in [0.5, 0.6) is 6.01 Å². The van der Waals surface area contributed by atoms with Crippen molar-refractivity contribution < 1.29 is 14.2 Å². The second-order valence-corrected chi connectivity index (χ2v) is 8.31. The molecule has 2 aromatic carbocycles. The summed E-state index contributed by atoms with van der Waals surface area (Å²) < 4.78 is 20.5. The highest BCUT2D eigenvalue weighted by Crippen LogP contribution is 2.26. The summed E-state index contributed by atoms with van der Waals surface area (Å²) in [5, 5.41) is 9.22. The third-order valence-corrected chi connectivity index (χ3v) is 5.62. The van der Waals surface area contributed by atoms with Gasteiger partial charge in [0.1, 0.15) is 5.82 Å². The standard InChI is InChI=1S/C28H33FN2O2/c1-3-4-8-17-33-21(2)9-6-5-7-10-24-15-16-25(18-27(24)29)22-11-13-23(14-12-22)26-19-30-28(32)31-20-26/h7,10-16,18-21H,3-6,8-9,17H2,1-2H3,(H,30,31,32)/b10-7+. The highest BCUT2D eigenvalue weighted by Gasteiger charge is 2.06. The van der Waals surface area contributed by atoms with Crippen molar-refractivity contribution in [1.29, 1.82) is 0 Å². The van der Waals surface area contributed by atoms with Gasteiger partial charge in [-0.1, -0.05) is 68.3 Å². The van der Waals surface area contributed by atoms with Crippen molar-refractivity contribution in [2.75, 3.05) is 6.61 Å². The summed E-state index contributed by atoms with van der Waals surface area (Å²) >= 11 is 0. The fraction of sp³-hybridized carbons (Fsp3) is 0.357. The molecule has 1 aromatic heterocycles. The minimum Gasteiger partial charge on any atom is -0.479 e. The second kappa shape index (κ2) is 12.9. The molecule has 1 atom stereocenters. The molecule has 0 bridgehead atoms. The van der Waals surface area contributed by atoms with Crippen LogP contribution < -0.4 is 0 Å². The SMILES string of the molecule is CCCCCOC(C)CCC/C=C/c1ccc(-c2ccc(-c3cnc(O)nc3)cc2)cc1F. The van der Waals surface area contributed by atoms with Crippen molar-refractivity contribution in [3.05, 3.63) is 72.3 Å². The third-order valence-electron chi connectivity index (χ3n) is 5.62. The van der Waals surface area contributed by atoms with E-state index >= 15 is 0 Å². The Morgan fingerprint density at radius 2 is 1.61 bits per heavy atom. The summed E-state index contributed by atoms with van der Waals surface area (Å²) in [5.41, 5.74) is 4.09. The highest BCUT2D eigenvalue weighted by molar-refractivity contribution is 5.70. The zero-order chi connectivity index (χ0) is 23.5. The number of hydrogen-bond donors (Lipinski definition) is 1. The predicted molar refractivity (Wildman–Crippen MR) is 132 cm³/mol. The molecule has 0 saturated heterocycles. The Morgan fingerprint density at radius 1 is 0.939 bits per heavy atom. The molecule has 0 aliphatic carbocycles. The molecule has 1 N–H and O–H groups in total. The van der Waals surface area contributed by atoms with E-state index in [1.54, 1.807) is 18.5 Å². The van der Waals surface area contributed by atoms with Gasteiger partial charge in [-0.05, 0) is 55.4 Å². The van der Waals surface area contributed by atoms with E-state index in [1.807, 2.05) is 48.6 Å². The Bertz CT molecular complexity index is 1020. The number of unbranched alkanes of at least 4 members (excludes halogenated alkanes) is 3. The van der Waals surface area contributed by atoms with Crippen molar-refractivity contribution >= 4 is 6.08 Å². The molecule has 0 aliphatic rings. The number of rotatable bonds is 12. The number of nitrogens with zero attached hydrogens (tertiary/aromatic N) is 2. The van der Waals surface area contributed by atoms with E-state index in [1.165, 1.54) is 12.8 Å². The molecular formula is C28H33FN2O2. The summed E-state index contributed by atoms with van der Waals surface area (Å²) in [7, 11) is 0. The average Bonchev–Trinajstić information content (AvgIpc) is 2.83. The van der Waals surface area contributed by atoms with Crippen LogP contribution in [0.4, 0.5) is 4.39 Å². The number of hydrogen-bond acceptors (Lipinski definition) is 4. The predicted octanol–water partition coefficient (Wildman–Crippen LogP) is 7.43. The molecule has 0 fully saturated rings. The Balaban J connectivity index is 1.51. The smallest absolute Gasteiger partial charge is 0.313 e. The van der Waals surface area contributed by atoms with Gasteiger partial charge in [-0.25, -0.2) is 14.4 Å². The van der Waals surface area contributed by atoms with E-state index in [4.69, 9.17) is 4.74 Å². The molecule has 0 radical (unpaired) electrons. The van der Waals surface area contributed by atoms with E-state index in [9.17, 15) is 9.50 Å². The van der Waals surface area contributed by atoms with Crippen molar-refractivity contribution in [1.82, 2.24) is 9.97 Å². The van der Waals surface area contributed by atoms with Gasteiger partial charge < -0.3 is 9.84 Å². The summed E-state index contributed by atoms with van der Waals surface area (Å²) in [5.74, 6) is -0.229. The van der Waals surface area contributed by atoms with Gasteiger partial charge in [0.25, 0.3) is 0 Å². The fourth-order valence-electron chi connectivity index (χ4n) is 3.62. The van der Waals surface area contributed by atoms with E-state index in [-0.39, 0.29) is 17.9 Å². The fourth-order valence-corrected chi connectivity index (χ4v) is 3.62. The monoisotopic (exact) mass is 448 g/mol. The zero-order valence-electron chi connectivity index (χ0n) is 19.5. The van der Waals surface area contributed by atoms with Gasteiger partial charge in [0.2, 0.25) is 0 Å². The van der Waals surface area contributed by atoms with Gasteiger partial charge in [0.05, 0.1) is 6.10 Å². The van der Waals surface area contributed by atoms with Crippen LogP contribution in [0, 0.1) is 5.82 Å². The van der Waals surface area contributed by atoms with Crippen LogP contribution >= 0.6 is 0 Å². The van der Waals surface area contributed by atoms with Crippen LogP contribution in [-0.2, 0) is 4.74 Å². The van der Waals surface area contributed by atoms with Gasteiger partial charge in [0, 0.05) is 30.1 Å². The molecule has 0 aliphatic heterocycles. The van der Waals surface area contributed by atoms with Gasteiger partial charge in [-0.3, -0.25) is 0 Å². The third kappa shape index (κ3) is 7.79. The largest absolute Gasteiger partial charge is 0.479 e. The lowest BCUT2D eigenvalue weighted by Gasteiger charge is -2.12. The summed E-state index contributed by atoms with van der Waals surface area (Å²) in [4.78, 5) is 7.60. The lowest BCUT2D eigenvalue weighted by atomic mass is 10.00. The maximum Gasteiger partial charge on any atom is 0.313 e. The molecular weight excluding hydrogens is 415 g/mol. The van der Waals surface area contributed by atoms with E-state index in [0.29, 0.717) is 5.56 Å². The quantitative estimate of drug-likeness (QED) is 0.293. The van der Waals surface area contributed by atoms with Crippen molar-refractivity contribution in [2.24, 2.45) is 0 Å². The number of allylic oxidation sites excluding steroid dienone is 1. The van der Waals surface area contributed by atoms with Crippen LogP contribution in [0.2, 0.25) is 0 Å². The van der Waals surface area contributed by atoms with Crippen LogP contribution in [0.3, 0.4) is 0 Å². The molecule has 0 spiro atoms. The minimum atomic E-state index is -0.249. The molecule has 174 valence electrons. The maximum absolute atomic E-state index is 14.6. The van der Waals surface area contributed by atoms with Gasteiger partial charge in [-0.15, -0.1) is 0 Å². The Hall–Kier alpha value is -3.05. The molecule has 5 heteroatoms. The van der Waals surface area contributed by atoms with Crippen molar-refractivity contribution in [3.8, 4) is 28.3 Å². The maximum atomic E-state index is 14.6. The van der Waals surface area contributed by atoms with E-state index < -0.39 is 0 Å². The van der Waals surface area contributed by atoms with Gasteiger partial charge >= 0.3 is 6.01 Å². The molecule has 3 aromatic rings. The van der Waals surface area contributed by atoms with Gasteiger partial charge in [-0.2, -0.15) is 0 Å². The molecule has 1 heterocycles. The first-order valence-corrected chi connectivity index (χ1v) is 11.8. The normalized spacial score (nSPS) is 12.3. The molecule has 1 unspecified atom stereocenters. The van der Waals surface area contributed by atoms with Crippen LogP contribution in [-0.4, -0.2) is 27.8 Å².